The number of carbonyl (C=O) groups is 1. The fourth-order valence-corrected chi connectivity index (χ4v) is 3.35. The molecule has 1 aliphatic heterocycles. The molecule has 1 aromatic carbocycles. The van der Waals surface area contributed by atoms with Crippen molar-refractivity contribution in [3.8, 4) is 0 Å². The number of primary amides is 1. The van der Waals surface area contributed by atoms with E-state index in [0.29, 0.717) is 0 Å². The summed E-state index contributed by atoms with van der Waals surface area (Å²) in [5, 5.41) is 4.26. The molecule has 0 bridgehead atoms. The molecule has 2 aromatic rings. The number of likely N-dealkylation sites (tertiary alicyclic amines) is 1. The standard InChI is InChI=1S/C17H21FN4O/c18-14-7-5-13(6-8-14)16(17(19)23)22-11-2-1-4-15(22)12-21-10-3-9-20-21/h3,5-10,15-16H,1-2,4,11-12H2,(H2,19,23)/t15-,16+/m0/s1. The fourth-order valence-electron chi connectivity index (χ4n) is 3.35. The molecule has 1 saturated heterocycles. The normalized spacial score (nSPS) is 20.3. The zero-order valence-corrected chi connectivity index (χ0v) is 12.9. The summed E-state index contributed by atoms with van der Waals surface area (Å²) >= 11 is 0. The maximum absolute atomic E-state index is 13.2. The molecule has 0 unspecified atom stereocenters. The van der Waals surface area contributed by atoms with Crippen molar-refractivity contribution in [1.29, 1.82) is 0 Å². The highest BCUT2D eigenvalue weighted by atomic mass is 19.1. The fraction of sp³-hybridized carbons (Fsp3) is 0.412. The van der Waals surface area contributed by atoms with Crippen LogP contribution in [0.1, 0.15) is 30.9 Å². The summed E-state index contributed by atoms with van der Waals surface area (Å²) in [6.07, 6.45) is 6.81. The van der Waals surface area contributed by atoms with Crippen LogP contribution < -0.4 is 5.73 Å². The molecule has 3 rings (SSSR count). The van der Waals surface area contributed by atoms with Gasteiger partial charge in [0.2, 0.25) is 5.91 Å². The van der Waals surface area contributed by atoms with Gasteiger partial charge >= 0.3 is 0 Å². The number of nitrogens with zero attached hydrogens (tertiary/aromatic N) is 3. The highest BCUT2D eigenvalue weighted by Crippen LogP contribution is 2.29. The molecule has 23 heavy (non-hydrogen) atoms. The number of piperidine rings is 1. The number of nitrogens with two attached hydrogens (primary N) is 1. The first kappa shape index (κ1) is 15.7. The molecule has 2 atom stereocenters. The van der Waals surface area contributed by atoms with Crippen molar-refractivity contribution in [2.24, 2.45) is 5.73 Å². The summed E-state index contributed by atoms with van der Waals surface area (Å²) in [5.41, 5.74) is 6.42. The Morgan fingerprint density at radius 3 is 2.78 bits per heavy atom. The lowest BCUT2D eigenvalue weighted by Gasteiger charge is -2.40. The van der Waals surface area contributed by atoms with Gasteiger partial charge in [-0.3, -0.25) is 14.4 Å². The van der Waals surface area contributed by atoms with Gasteiger partial charge in [0.05, 0.1) is 6.54 Å². The van der Waals surface area contributed by atoms with Crippen LogP contribution in [0.3, 0.4) is 0 Å². The Labute approximate surface area is 134 Å². The van der Waals surface area contributed by atoms with Crippen molar-refractivity contribution in [2.75, 3.05) is 6.54 Å². The molecular weight excluding hydrogens is 295 g/mol. The van der Waals surface area contributed by atoms with Crippen LogP contribution in [0.15, 0.2) is 42.7 Å². The van der Waals surface area contributed by atoms with Crippen molar-refractivity contribution < 1.29 is 9.18 Å². The summed E-state index contributed by atoms with van der Waals surface area (Å²) < 4.78 is 15.1. The Bertz CT molecular complexity index is 641. The minimum Gasteiger partial charge on any atom is -0.368 e. The van der Waals surface area contributed by atoms with E-state index >= 15 is 0 Å². The number of rotatable bonds is 5. The molecule has 0 aliphatic carbocycles. The number of carbonyl (C=O) groups excluding carboxylic acids is 1. The highest BCUT2D eigenvalue weighted by molar-refractivity contribution is 5.81. The van der Waals surface area contributed by atoms with Crippen molar-refractivity contribution >= 4 is 5.91 Å². The van der Waals surface area contributed by atoms with E-state index in [4.69, 9.17) is 5.73 Å². The summed E-state index contributed by atoms with van der Waals surface area (Å²) in [6, 6.07) is 7.57. The van der Waals surface area contributed by atoms with E-state index in [1.165, 1.54) is 12.1 Å². The molecule has 1 aliphatic rings. The summed E-state index contributed by atoms with van der Waals surface area (Å²) in [5.74, 6) is -0.715. The minimum absolute atomic E-state index is 0.186. The number of hydrogen-bond donors (Lipinski definition) is 1. The smallest absolute Gasteiger partial charge is 0.239 e. The van der Waals surface area contributed by atoms with E-state index in [-0.39, 0.29) is 11.9 Å². The summed E-state index contributed by atoms with van der Waals surface area (Å²) in [6.45, 7) is 1.52. The third-order valence-electron chi connectivity index (χ3n) is 4.42. The average Bonchev–Trinajstić information content (AvgIpc) is 3.04. The first-order valence-corrected chi connectivity index (χ1v) is 7.93. The van der Waals surface area contributed by atoms with Crippen LogP contribution in [0.25, 0.3) is 0 Å². The van der Waals surface area contributed by atoms with E-state index in [2.05, 4.69) is 10.00 Å². The SMILES string of the molecule is NC(=O)[C@@H](c1ccc(F)cc1)N1CCCC[C@H]1Cn1cccn1. The first-order chi connectivity index (χ1) is 11.1. The Hall–Kier alpha value is -2.21. The molecule has 6 heteroatoms. The van der Waals surface area contributed by atoms with Gasteiger partial charge in [-0.1, -0.05) is 18.6 Å². The quantitative estimate of drug-likeness (QED) is 0.919. The van der Waals surface area contributed by atoms with E-state index in [1.807, 2.05) is 16.9 Å². The largest absolute Gasteiger partial charge is 0.368 e. The Balaban J connectivity index is 1.86. The van der Waals surface area contributed by atoms with Crippen molar-refractivity contribution in [1.82, 2.24) is 14.7 Å². The van der Waals surface area contributed by atoms with Crippen LogP contribution >= 0.6 is 0 Å². The summed E-state index contributed by atoms with van der Waals surface area (Å²) in [7, 11) is 0. The Morgan fingerprint density at radius 2 is 2.13 bits per heavy atom. The topological polar surface area (TPSA) is 64.2 Å². The van der Waals surface area contributed by atoms with Gasteiger partial charge in [-0.25, -0.2) is 4.39 Å². The lowest BCUT2D eigenvalue weighted by Crippen LogP contribution is -2.48. The lowest BCUT2D eigenvalue weighted by molar-refractivity contribution is -0.125. The zero-order valence-electron chi connectivity index (χ0n) is 12.9. The second-order valence-corrected chi connectivity index (χ2v) is 5.97. The second kappa shape index (κ2) is 6.91. The minimum atomic E-state index is -0.531. The third-order valence-corrected chi connectivity index (χ3v) is 4.42. The lowest BCUT2D eigenvalue weighted by atomic mass is 9.95. The van der Waals surface area contributed by atoms with Crippen LogP contribution in [-0.4, -0.2) is 33.2 Å². The summed E-state index contributed by atoms with van der Waals surface area (Å²) in [4.78, 5) is 14.2. The molecule has 122 valence electrons. The van der Waals surface area contributed by atoms with Gasteiger partial charge in [0.1, 0.15) is 11.9 Å². The van der Waals surface area contributed by atoms with E-state index < -0.39 is 11.9 Å². The van der Waals surface area contributed by atoms with Crippen LogP contribution in [0.4, 0.5) is 4.39 Å². The first-order valence-electron chi connectivity index (χ1n) is 7.93. The van der Waals surface area contributed by atoms with Gasteiger partial charge in [-0.15, -0.1) is 0 Å². The zero-order chi connectivity index (χ0) is 16.2. The van der Waals surface area contributed by atoms with E-state index in [1.54, 1.807) is 18.3 Å². The molecular formula is C17H21FN4O. The number of benzene rings is 1. The number of amides is 1. The van der Waals surface area contributed by atoms with Crippen molar-refractivity contribution in [3.63, 3.8) is 0 Å². The monoisotopic (exact) mass is 316 g/mol. The van der Waals surface area contributed by atoms with E-state index in [9.17, 15) is 9.18 Å². The van der Waals surface area contributed by atoms with Gasteiger partial charge < -0.3 is 5.73 Å². The molecule has 0 spiro atoms. The van der Waals surface area contributed by atoms with Crippen LogP contribution in [0.5, 0.6) is 0 Å². The van der Waals surface area contributed by atoms with Crippen LogP contribution in [-0.2, 0) is 11.3 Å². The highest BCUT2D eigenvalue weighted by Gasteiger charge is 2.33. The maximum atomic E-state index is 13.2. The molecule has 1 fully saturated rings. The van der Waals surface area contributed by atoms with Gasteiger partial charge in [0, 0.05) is 18.4 Å². The van der Waals surface area contributed by atoms with Gasteiger partial charge in [-0.05, 0) is 43.1 Å². The third kappa shape index (κ3) is 3.59. The Kier molecular flexibility index (Phi) is 4.71. The predicted molar refractivity (Wildman–Crippen MR) is 84.9 cm³/mol. The van der Waals surface area contributed by atoms with E-state index in [0.717, 1.165) is 37.9 Å². The van der Waals surface area contributed by atoms with Gasteiger partial charge in [-0.2, -0.15) is 5.10 Å². The number of aromatic nitrogens is 2. The molecule has 0 radical (unpaired) electrons. The molecule has 1 amide bonds. The van der Waals surface area contributed by atoms with Crippen LogP contribution in [0.2, 0.25) is 0 Å². The molecule has 5 nitrogen and oxygen atoms in total. The maximum Gasteiger partial charge on any atom is 0.239 e. The van der Waals surface area contributed by atoms with Gasteiger partial charge in [0.15, 0.2) is 0 Å². The number of hydrogen-bond acceptors (Lipinski definition) is 3. The molecule has 1 aromatic heterocycles. The molecule has 2 N–H and O–H groups in total. The van der Waals surface area contributed by atoms with Crippen molar-refractivity contribution in [2.45, 2.75) is 37.9 Å². The average molecular weight is 316 g/mol. The van der Waals surface area contributed by atoms with Crippen LogP contribution in [0, 0.1) is 5.82 Å². The predicted octanol–water partition coefficient (Wildman–Crippen LogP) is 2.10. The molecule has 0 saturated carbocycles. The Morgan fingerprint density at radius 1 is 1.35 bits per heavy atom. The second-order valence-electron chi connectivity index (χ2n) is 5.97. The van der Waals surface area contributed by atoms with Crippen molar-refractivity contribution in [3.05, 3.63) is 54.1 Å². The van der Waals surface area contributed by atoms with Gasteiger partial charge in [0.25, 0.3) is 0 Å². The molecule has 2 heterocycles. The number of halogens is 1.